The van der Waals surface area contributed by atoms with E-state index >= 15 is 0 Å². The van der Waals surface area contributed by atoms with Gasteiger partial charge in [0, 0.05) is 5.25 Å². The van der Waals surface area contributed by atoms with Crippen LogP contribution in [-0.2, 0) is 0 Å². The molecule has 0 saturated carbocycles. The highest BCUT2D eigenvalue weighted by atomic mass is 32.1. The van der Waals surface area contributed by atoms with Crippen LogP contribution >= 0.6 is 12.6 Å². The average molecular weight is 128 g/mol. The summed E-state index contributed by atoms with van der Waals surface area (Å²) >= 11 is 4.13. The Balaban J connectivity index is 2.63. The number of rotatable bonds is 0. The smallest absolute Gasteiger partial charge is 0.112 e. The summed E-state index contributed by atoms with van der Waals surface area (Å²) < 4.78 is 0. The second-order valence-corrected chi connectivity index (χ2v) is 2.46. The van der Waals surface area contributed by atoms with Crippen LogP contribution in [0.3, 0.4) is 0 Å². The van der Waals surface area contributed by atoms with E-state index in [4.69, 9.17) is 5.11 Å². The van der Waals surface area contributed by atoms with Crippen LogP contribution in [0.1, 0.15) is 6.42 Å². The van der Waals surface area contributed by atoms with Crippen LogP contribution < -0.4 is 0 Å². The number of thiol groups is 1. The third-order valence-electron chi connectivity index (χ3n) is 1.03. The molecule has 1 unspecified atom stereocenters. The van der Waals surface area contributed by atoms with Gasteiger partial charge in [-0.3, -0.25) is 0 Å². The molecule has 0 aromatic heterocycles. The van der Waals surface area contributed by atoms with Gasteiger partial charge in [0.1, 0.15) is 5.76 Å². The van der Waals surface area contributed by atoms with E-state index in [1.807, 2.05) is 6.08 Å². The van der Waals surface area contributed by atoms with Crippen LogP contribution in [0.15, 0.2) is 24.0 Å². The summed E-state index contributed by atoms with van der Waals surface area (Å²) in [5, 5.41) is 9.01. The fraction of sp³-hybridized carbons (Fsp3) is 0.333. The molecule has 2 heteroatoms. The van der Waals surface area contributed by atoms with Crippen molar-refractivity contribution in [1.29, 1.82) is 0 Å². The van der Waals surface area contributed by atoms with Gasteiger partial charge in [0.15, 0.2) is 0 Å². The molecule has 0 radical (unpaired) electrons. The maximum Gasteiger partial charge on any atom is 0.112 e. The second kappa shape index (κ2) is 2.27. The van der Waals surface area contributed by atoms with Crippen molar-refractivity contribution in [3.63, 3.8) is 0 Å². The predicted octanol–water partition coefficient (Wildman–Crippen LogP) is 1.69. The maximum atomic E-state index is 8.80. The van der Waals surface area contributed by atoms with Crippen molar-refractivity contribution in [1.82, 2.24) is 0 Å². The van der Waals surface area contributed by atoms with Crippen molar-refractivity contribution >= 4 is 12.6 Å². The summed E-state index contributed by atoms with van der Waals surface area (Å²) in [5.74, 6) is 0.330. The highest BCUT2D eigenvalue weighted by molar-refractivity contribution is 7.81. The van der Waals surface area contributed by atoms with E-state index in [9.17, 15) is 0 Å². The molecule has 0 amide bonds. The molecule has 0 saturated heterocycles. The molecule has 1 rings (SSSR count). The van der Waals surface area contributed by atoms with Gasteiger partial charge in [-0.05, 0) is 18.6 Å². The Bertz CT molecular complexity index is 137. The van der Waals surface area contributed by atoms with Crippen molar-refractivity contribution in [3.8, 4) is 0 Å². The standard InChI is InChI=1S/C6H8OS/c7-5-2-1-3-6(8)4-5/h1-2,4,6-8H,3H2. The molecule has 8 heavy (non-hydrogen) atoms. The summed E-state index contributed by atoms with van der Waals surface area (Å²) in [5.41, 5.74) is 0. The molecule has 1 N–H and O–H groups in total. The van der Waals surface area contributed by atoms with Crippen LogP contribution in [0.2, 0.25) is 0 Å². The van der Waals surface area contributed by atoms with E-state index < -0.39 is 0 Å². The van der Waals surface area contributed by atoms with Crippen LogP contribution in [0.5, 0.6) is 0 Å². The zero-order valence-corrected chi connectivity index (χ0v) is 5.31. The molecule has 0 aromatic carbocycles. The van der Waals surface area contributed by atoms with Gasteiger partial charge >= 0.3 is 0 Å². The van der Waals surface area contributed by atoms with Gasteiger partial charge in [-0.2, -0.15) is 12.6 Å². The fourth-order valence-electron chi connectivity index (χ4n) is 0.649. The van der Waals surface area contributed by atoms with Crippen LogP contribution in [0, 0.1) is 0 Å². The third kappa shape index (κ3) is 1.30. The molecule has 0 bridgehead atoms. The van der Waals surface area contributed by atoms with Crippen LogP contribution in [0.4, 0.5) is 0 Å². The minimum absolute atomic E-state index is 0.208. The summed E-state index contributed by atoms with van der Waals surface area (Å²) in [6.45, 7) is 0. The maximum absolute atomic E-state index is 8.80. The number of hydrogen-bond acceptors (Lipinski definition) is 2. The zero-order chi connectivity index (χ0) is 5.98. The first-order valence-corrected chi connectivity index (χ1v) is 3.06. The highest BCUT2D eigenvalue weighted by Crippen LogP contribution is 2.12. The minimum atomic E-state index is 0.208. The third-order valence-corrected chi connectivity index (χ3v) is 1.39. The molecule has 0 aliphatic heterocycles. The normalized spacial score (nSPS) is 27.6. The average Bonchev–Trinajstić information content (AvgIpc) is 1.64. The van der Waals surface area contributed by atoms with Gasteiger partial charge in [0.25, 0.3) is 0 Å². The highest BCUT2D eigenvalue weighted by Gasteiger charge is 2.01. The topological polar surface area (TPSA) is 20.2 Å². The molecule has 0 heterocycles. The number of hydrogen-bond donors (Lipinski definition) is 2. The lowest BCUT2D eigenvalue weighted by molar-refractivity contribution is 0.427. The van der Waals surface area contributed by atoms with Gasteiger partial charge in [-0.1, -0.05) is 6.08 Å². The van der Waals surface area contributed by atoms with Gasteiger partial charge in [-0.15, -0.1) is 0 Å². The molecule has 44 valence electrons. The van der Waals surface area contributed by atoms with Crippen molar-refractivity contribution in [2.75, 3.05) is 0 Å². The fourth-order valence-corrected chi connectivity index (χ4v) is 0.923. The summed E-state index contributed by atoms with van der Waals surface area (Å²) in [6, 6.07) is 0. The lowest BCUT2D eigenvalue weighted by Crippen LogP contribution is -1.96. The van der Waals surface area contributed by atoms with Crippen molar-refractivity contribution in [2.24, 2.45) is 0 Å². The van der Waals surface area contributed by atoms with Crippen molar-refractivity contribution in [3.05, 3.63) is 24.0 Å². The molecule has 0 fully saturated rings. The molecule has 0 spiro atoms. The van der Waals surface area contributed by atoms with E-state index in [0.29, 0.717) is 5.76 Å². The second-order valence-electron chi connectivity index (χ2n) is 1.80. The Labute approximate surface area is 54.1 Å². The quantitative estimate of drug-likeness (QED) is 0.476. The van der Waals surface area contributed by atoms with Crippen molar-refractivity contribution in [2.45, 2.75) is 11.7 Å². The number of aliphatic hydroxyl groups excluding tert-OH is 1. The molecule has 1 nitrogen and oxygen atoms in total. The molecular weight excluding hydrogens is 120 g/mol. The Morgan fingerprint density at radius 2 is 2.50 bits per heavy atom. The van der Waals surface area contributed by atoms with Gasteiger partial charge < -0.3 is 5.11 Å². The molecule has 1 aliphatic carbocycles. The molecular formula is C6H8OS. The van der Waals surface area contributed by atoms with E-state index in [1.165, 1.54) is 0 Å². The van der Waals surface area contributed by atoms with E-state index in [2.05, 4.69) is 12.6 Å². The number of aliphatic hydroxyl groups is 1. The summed E-state index contributed by atoms with van der Waals surface area (Å²) in [4.78, 5) is 0. The summed E-state index contributed by atoms with van der Waals surface area (Å²) in [6.07, 6.45) is 6.25. The predicted molar refractivity (Wildman–Crippen MR) is 37.2 cm³/mol. The van der Waals surface area contributed by atoms with E-state index in [1.54, 1.807) is 12.2 Å². The first-order valence-electron chi connectivity index (χ1n) is 2.54. The molecule has 1 aliphatic rings. The first-order chi connectivity index (χ1) is 3.79. The minimum Gasteiger partial charge on any atom is -0.508 e. The largest absolute Gasteiger partial charge is 0.508 e. The summed E-state index contributed by atoms with van der Waals surface area (Å²) in [7, 11) is 0. The van der Waals surface area contributed by atoms with Gasteiger partial charge in [-0.25, -0.2) is 0 Å². The lowest BCUT2D eigenvalue weighted by atomic mass is 10.2. The van der Waals surface area contributed by atoms with Gasteiger partial charge in [0.05, 0.1) is 0 Å². The van der Waals surface area contributed by atoms with E-state index in [0.717, 1.165) is 6.42 Å². The first kappa shape index (κ1) is 5.76. The van der Waals surface area contributed by atoms with E-state index in [-0.39, 0.29) is 5.25 Å². The van der Waals surface area contributed by atoms with Crippen LogP contribution in [-0.4, -0.2) is 10.4 Å². The number of allylic oxidation sites excluding steroid dienone is 2. The lowest BCUT2D eigenvalue weighted by Gasteiger charge is -2.05. The van der Waals surface area contributed by atoms with Gasteiger partial charge in [0.2, 0.25) is 0 Å². The Morgan fingerprint density at radius 1 is 1.75 bits per heavy atom. The Kier molecular flexibility index (Phi) is 1.63. The van der Waals surface area contributed by atoms with Crippen molar-refractivity contribution < 1.29 is 5.11 Å². The Morgan fingerprint density at radius 3 is 2.88 bits per heavy atom. The zero-order valence-electron chi connectivity index (χ0n) is 4.41. The molecule has 1 atom stereocenters. The van der Waals surface area contributed by atoms with Crippen LogP contribution in [0.25, 0.3) is 0 Å². The molecule has 0 aromatic rings. The monoisotopic (exact) mass is 128 g/mol. The Hall–Kier alpha value is -0.370. The SMILES string of the molecule is OC1=CC(S)CC=C1.